The summed E-state index contributed by atoms with van der Waals surface area (Å²) in [5, 5.41) is 3.82. The van der Waals surface area contributed by atoms with Crippen LogP contribution in [0.3, 0.4) is 0 Å². The molecular weight excluding hydrogens is 430 g/mol. The Kier molecular flexibility index (Phi) is 7.50. The minimum atomic E-state index is -0.165. The van der Waals surface area contributed by atoms with Gasteiger partial charge in [0, 0.05) is 18.0 Å². The van der Waals surface area contributed by atoms with Gasteiger partial charge in [0.25, 0.3) is 0 Å². The van der Waals surface area contributed by atoms with Gasteiger partial charge in [-0.3, -0.25) is 4.79 Å². The van der Waals surface area contributed by atoms with Gasteiger partial charge in [-0.15, -0.1) is 0 Å². The Hall–Kier alpha value is -4.19. The zero-order valence-electron chi connectivity index (χ0n) is 19.2. The molecule has 0 fully saturated rings. The summed E-state index contributed by atoms with van der Waals surface area (Å²) in [6.45, 7) is 0.953. The van der Waals surface area contributed by atoms with Gasteiger partial charge >= 0.3 is 0 Å². The molecule has 3 aromatic carbocycles. The molecule has 1 N–H and O–H groups in total. The molecule has 0 aliphatic carbocycles. The highest BCUT2D eigenvalue weighted by atomic mass is 16.5. The van der Waals surface area contributed by atoms with Crippen molar-refractivity contribution in [3.05, 3.63) is 95.8 Å². The molecule has 0 spiro atoms. The number of methoxy groups -OCH3 is 2. The lowest BCUT2D eigenvalue weighted by Crippen LogP contribution is -2.23. The highest BCUT2D eigenvalue weighted by Gasteiger charge is 2.09. The molecule has 0 aliphatic rings. The number of benzene rings is 3. The molecule has 34 heavy (non-hydrogen) atoms. The monoisotopic (exact) mass is 457 g/mol. The maximum absolute atomic E-state index is 12.3. The molecule has 4 aromatic rings. The van der Waals surface area contributed by atoms with Gasteiger partial charge in [-0.05, 0) is 53.5 Å². The van der Waals surface area contributed by atoms with Crippen molar-refractivity contribution in [2.24, 2.45) is 0 Å². The molecule has 6 nitrogen and oxygen atoms in total. The van der Waals surface area contributed by atoms with Crippen molar-refractivity contribution in [1.29, 1.82) is 0 Å². The Bertz CT molecular complexity index is 1280. The Labute approximate surface area is 198 Å². The largest absolute Gasteiger partial charge is 0.493 e. The first-order valence-electron chi connectivity index (χ1n) is 11.0. The Morgan fingerprint density at radius 3 is 2.50 bits per heavy atom. The predicted molar refractivity (Wildman–Crippen MR) is 132 cm³/mol. The van der Waals surface area contributed by atoms with Gasteiger partial charge < -0.3 is 23.9 Å². The fourth-order valence-electron chi connectivity index (χ4n) is 3.64. The van der Waals surface area contributed by atoms with Crippen LogP contribution in [0.1, 0.15) is 16.7 Å². The standard InChI is InChI=1S/C28H27NO5/c1-31-24-11-8-20(18-26(24)34-19-21-6-4-3-5-7-21)14-16-29-27(30)13-10-22-9-12-25(32-2)28-23(22)15-17-33-28/h3-13,15,17-18H,14,16,19H2,1-2H3,(H,29,30). The lowest BCUT2D eigenvalue weighted by Gasteiger charge is -2.12. The highest BCUT2D eigenvalue weighted by Crippen LogP contribution is 2.30. The fourth-order valence-corrected chi connectivity index (χ4v) is 3.64. The van der Waals surface area contributed by atoms with Gasteiger partial charge in [-0.25, -0.2) is 0 Å². The van der Waals surface area contributed by atoms with Gasteiger partial charge in [0.2, 0.25) is 5.91 Å². The molecule has 1 heterocycles. The van der Waals surface area contributed by atoms with Crippen molar-refractivity contribution in [3.63, 3.8) is 0 Å². The van der Waals surface area contributed by atoms with Crippen LogP contribution in [0.2, 0.25) is 0 Å². The van der Waals surface area contributed by atoms with E-state index in [2.05, 4.69) is 5.32 Å². The second-order valence-corrected chi connectivity index (χ2v) is 7.65. The van der Waals surface area contributed by atoms with Gasteiger partial charge in [0.1, 0.15) is 6.61 Å². The quantitative estimate of drug-likeness (QED) is 0.323. The van der Waals surface area contributed by atoms with Crippen LogP contribution in [-0.4, -0.2) is 26.7 Å². The average Bonchev–Trinajstić information content (AvgIpc) is 3.37. The number of hydrogen-bond donors (Lipinski definition) is 1. The smallest absolute Gasteiger partial charge is 0.244 e. The van der Waals surface area contributed by atoms with E-state index in [9.17, 15) is 4.79 Å². The zero-order valence-corrected chi connectivity index (χ0v) is 19.2. The van der Waals surface area contributed by atoms with Gasteiger partial charge in [0.05, 0.1) is 20.5 Å². The van der Waals surface area contributed by atoms with Crippen LogP contribution < -0.4 is 19.5 Å². The first kappa shape index (κ1) is 23.0. The van der Waals surface area contributed by atoms with Crippen molar-refractivity contribution >= 4 is 23.0 Å². The number of carbonyl (C=O) groups is 1. The first-order chi connectivity index (χ1) is 16.7. The minimum Gasteiger partial charge on any atom is -0.493 e. The summed E-state index contributed by atoms with van der Waals surface area (Å²) in [6.07, 6.45) is 5.57. The summed E-state index contributed by atoms with van der Waals surface area (Å²) in [4.78, 5) is 12.3. The fraction of sp³-hybridized carbons (Fsp3) is 0.179. The molecule has 0 bridgehead atoms. The molecule has 174 valence electrons. The third-order valence-corrected chi connectivity index (χ3v) is 5.43. The molecule has 1 aromatic heterocycles. The number of furan rings is 1. The normalized spacial score (nSPS) is 11.0. The van der Waals surface area contributed by atoms with Crippen molar-refractivity contribution in [2.45, 2.75) is 13.0 Å². The van der Waals surface area contributed by atoms with E-state index in [1.807, 2.05) is 66.7 Å². The number of carbonyl (C=O) groups excluding carboxylic acids is 1. The Morgan fingerprint density at radius 1 is 0.912 bits per heavy atom. The number of amides is 1. The Morgan fingerprint density at radius 2 is 1.71 bits per heavy atom. The number of fused-ring (bicyclic) bond motifs is 1. The van der Waals surface area contributed by atoms with E-state index in [0.717, 1.165) is 22.1 Å². The molecule has 1 amide bonds. The summed E-state index contributed by atoms with van der Waals surface area (Å²) in [5.41, 5.74) is 3.67. The third kappa shape index (κ3) is 5.59. The van der Waals surface area contributed by atoms with Crippen LogP contribution in [0, 0.1) is 0 Å². The van der Waals surface area contributed by atoms with Gasteiger partial charge in [-0.1, -0.05) is 42.5 Å². The maximum atomic E-state index is 12.3. The van der Waals surface area contributed by atoms with E-state index in [1.165, 1.54) is 6.08 Å². The lowest BCUT2D eigenvalue weighted by atomic mass is 10.1. The van der Waals surface area contributed by atoms with Crippen molar-refractivity contribution in [2.75, 3.05) is 20.8 Å². The number of nitrogens with one attached hydrogen (secondary N) is 1. The minimum absolute atomic E-state index is 0.165. The van der Waals surface area contributed by atoms with Crippen molar-refractivity contribution in [3.8, 4) is 17.2 Å². The average molecular weight is 458 g/mol. The topological polar surface area (TPSA) is 69.9 Å². The summed E-state index contributed by atoms with van der Waals surface area (Å²) < 4.78 is 22.2. The van der Waals surface area contributed by atoms with E-state index in [4.69, 9.17) is 18.6 Å². The summed E-state index contributed by atoms with van der Waals surface area (Å²) in [6, 6.07) is 21.4. The molecule has 0 radical (unpaired) electrons. The van der Waals surface area contributed by atoms with Crippen LogP contribution in [-0.2, 0) is 17.8 Å². The molecule has 0 unspecified atom stereocenters. The third-order valence-electron chi connectivity index (χ3n) is 5.43. The molecule has 4 rings (SSSR count). The molecular formula is C28H27NO5. The van der Waals surface area contributed by atoms with Crippen LogP contribution in [0.4, 0.5) is 0 Å². The summed E-state index contributed by atoms with van der Waals surface area (Å²) >= 11 is 0. The number of rotatable bonds is 10. The van der Waals surface area contributed by atoms with E-state index in [0.29, 0.717) is 42.4 Å². The van der Waals surface area contributed by atoms with E-state index in [1.54, 1.807) is 26.6 Å². The van der Waals surface area contributed by atoms with Gasteiger partial charge in [0.15, 0.2) is 22.8 Å². The van der Waals surface area contributed by atoms with E-state index >= 15 is 0 Å². The summed E-state index contributed by atoms with van der Waals surface area (Å²) in [5.74, 6) is 1.85. The van der Waals surface area contributed by atoms with Crippen molar-refractivity contribution in [1.82, 2.24) is 5.32 Å². The molecule has 0 aliphatic heterocycles. The lowest BCUT2D eigenvalue weighted by molar-refractivity contribution is -0.116. The second kappa shape index (κ2) is 11.1. The summed E-state index contributed by atoms with van der Waals surface area (Å²) in [7, 11) is 3.22. The van der Waals surface area contributed by atoms with Crippen LogP contribution in [0.5, 0.6) is 17.2 Å². The Balaban J connectivity index is 1.33. The number of ether oxygens (including phenoxy) is 3. The van der Waals surface area contributed by atoms with E-state index < -0.39 is 0 Å². The maximum Gasteiger partial charge on any atom is 0.244 e. The number of hydrogen-bond acceptors (Lipinski definition) is 5. The molecule has 0 atom stereocenters. The first-order valence-corrected chi connectivity index (χ1v) is 11.0. The van der Waals surface area contributed by atoms with Crippen molar-refractivity contribution < 1.29 is 23.4 Å². The van der Waals surface area contributed by atoms with Crippen LogP contribution in [0.15, 0.2) is 83.5 Å². The van der Waals surface area contributed by atoms with Crippen LogP contribution >= 0.6 is 0 Å². The SMILES string of the molecule is COc1ccc(CCNC(=O)C=Cc2ccc(OC)c3occc23)cc1OCc1ccccc1. The second-order valence-electron chi connectivity index (χ2n) is 7.65. The highest BCUT2D eigenvalue weighted by molar-refractivity contribution is 5.96. The van der Waals surface area contributed by atoms with E-state index in [-0.39, 0.29) is 5.91 Å². The zero-order chi connectivity index (χ0) is 23.8. The van der Waals surface area contributed by atoms with Gasteiger partial charge in [-0.2, -0.15) is 0 Å². The molecule has 0 saturated heterocycles. The molecule has 6 heteroatoms. The predicted octanol–water partition coefficient (Wildman–Crippen LogP) is 5.40. The van der Waals surface area contributed by atoms with Crippen LogP contribution in [0.25, 0.3) is 17.0 Å². The molecule has 0 saturated carbocycles.